The summed E-state index contributed by atoms with van der Waals surface area (Å²) in [5.74, 6) is 0.231. The number of methoxy groups -OCH3 is 1. The number of likely N-dealkylation sites (tertiary alicyclic amines) is 1. The molecule has 0 spiro atoms. The van der Waals surface area contributed by atoms with E-state index in [9.17, 15) is 9.18 Å². The quantitative estimate of drug-likeness (QED) is 0.841. The fraction of sp³-hybridized carbons (Fsp3) is 0.533. The number of ether oxygens (including phenoxy) is 1. The summed E-state index contributed by atoms with van der Waals surface area (Å²) in [6.45, 7) is 6.07. The van der Waals surface area contributed by atoms with E-state index in [-0.39, 0.29) is 17.0 Å². The topological polar surface area (TPSA) is 29.5 Å². The molecule has 0 radical (unpaired) electrons. The van der Waals surface area contributed by atoms with Crippen molar-refractivity contribution in [2.75, 3.05) is 20.2 Å². The maximum Gasteiger partial charge on any atom is 0.165 e. The summed E-state index contributed by atoms with van der Waals surface area (Å²) < 4.78 is 18.5. The van der Waals surface area contributed by atoms with Crippen molar-refractivity contribution in [3.8, 4) is 5.75 Å². The molecule has 0 bridgehead atoms. The van der Waals surface area contributed by atoms with E-state index < -0.39 is 0 Å². The minimum atomic E-state index is -0.340. The number of piperidine rings is 1. The molecule has 1 aromatic rings. The Morgan fingerprint density at radius 2 is 2.16 bits per heavy atom. The minimum absolute atomic E-state index is 0.262. The van der Waals surface area contributed by atoms with E-state index >= 15 is 0 Å². The van der Waals surface area contributed by atoms with Crippen LogP contribution in [0.4, 0.5) is 4.39 Å². The number of carbonyl (C=O) groups is 1. The predicted octanol–water partition coefficient (Wildman–Crippen LogP) is 2.64. The molecule has 3 nitrogen and oxygen atoms in total. The molecule has 104 valence electrons. The lowest BCUT2D eigenvalue weighted by Gasteiger charge is -2.36. The van der Waals surface area contributed by atoms with Crippen molar-refractivity contribution in [2.45, 2.75) is 26.8 Å². The Labute approximate surface area is 113 Å². The van der Waals surface area contributed by atoms with Gasteiger partial charge in [0, 0.05) is 31.5 Å². The van der Waals surface area contributed by atoms with Gasteiger partial charge in [-0.2, -0.15) is 0 Å². The average molecular weight is 265 g/mol. The summed E-state index contributed by atoms with van der Waals surface area (Å²) >= 11 is 0. The number of halogens is 1. The zero-order chi connectivity index (χ0) is 14.0. The first-order valence-corrected chi connectivity index (χ1v) is 6.50. The van der Waals surface area contributed by atoms with E-state index in [2.05, 4.69) is 4.90 Å². The largest absolute Gasteiger partial charge is 0.494 e. The molecule has 1 fully saturated rings. The predicted molar refractivity (Wildman–Crippen MR) is 71.6 cm³/mol. The number of rotatable bonds is 3. The van der Waals surface area contributed by atoms with Crippen molar-refractivity contribution in [1.82, 2.24) is 4.90 Å². The van der Waals surface area contributed by atoms with Crippen molar-refractivity contribution in [3.63, 3.8) is 0 Å². The highest BCUT2D eigenvalue weighted by atomic mass is 19.1. The third-order valence-corrected chi connectivity index (χ3v) is 3.65. The van der Waals surface area contributed by atoms with Crippen LogP contribution >= 0.6 is 0 Å². The summed E-state index contributed by atoms with van der Waals surface area (Å²) in [6, 6.07) is 5.01. The van der Waals surface area contributed by atoms with Crippen LogP contribution in [-0.2, 0) is 11.3 Å². The first-order valence-electron chi connectivity index (χ1n) is 6.50. The molecule has 0 amide bonds. The Bertz CT molecular complexity index is 485. The molecule has 0 aliphatic carbocycles. The third kappa shape index (κ3) is 3.13. The normalized spacial score (nSPS) is 19.5. The van der Waals surface area contributed by atoms with E-state index in [0.29, 0.717) is 18.7 Å². The van der Waals surface area contributed by atoms with Gasteiger partial charge in [0.2, 0.25) is 0 Å². The molecule has 0 N–H and O–H groups in total. The molecule has 1 aliphatic heterocycles. The van der Waals surface area contributed by atoms with Gasteiger partial charge in [0.15, 0.2) is 11.6 Å². The Morgan fingerprint density at radius 3 is 2.74 bits per heavy atom. The van der Waals surface area contributed by atoms with E-state index in [4.69, 9.17) is 4.74 Å². The monoisotopic (exact) mass is 265 g/mol. The van der Waals surface area contributed by atoms with Crippen LogP contribution in [0, 0.1) is 11.2 Å². The lowest BCUT2D eigenvalue weighted by Crippen LogP contribution is -2.45. The molecular weight excluding hydrogens is 245 g/mol. The molecular formula is C15H20FNO2. The molecule has 1 saturated heterocycles. The molecule has 19 heavy (non-hydrogen) atoms. The van der Waals surface area contributed by atoms with Gasteiger partial charge in [-0.3, -0.25) is 9.69 Å². The van der Waals surface area contributed by atoms with Gasteiger partial charge in [0.1, 0.15) is 5.78 Å². The second kappa shape index (κ2) is 5.29. The fourth-order valence-corrected chi connectivity index (χ4v) is 2.53. The highest BCUT2D eigenvalue weighted by Gasteiger charge is 2.33. The zero-order valence-electron chi connectivity index (χ0n) is 11.7. The molecule has 1 aliphatic rings. The Morgan fingerprint density at radius 1 is 1.42 bits per heavy atom. The van der Waals surface area contributed by atoms with Crippen LogP contribution in [0.5, 0.6) is 5.75 Å². The summed E-state index contributed by atoms with van der Waals surface area (Å²) in [5.41, 5.74) is 0.604. The van der Waals surface area contributed by atoms with E-state index in [1.807, 2.05) is 19.9 Å². The summed E-state index contributed by atoms with van der Waals surface area (Å²) in [6.07, 6.45) is 0.575. The molecule has 0 aromatic heterocycles. The number of carbonyl (C=O) groups excluding carboxylic acids is 1. The van der Waals surface area contributed by atoms with Gasteiger partial charge in [-0.15, -0.1) is 0 Å². The van der Waals surface area contributed by atoms with Crippen LogP contribution in [0.1, 0.15) is 25.8 Å². The number of nitrogens with zero attached hydrogens (tertiary/aromatic N) is 1. The first kappa shape index (κ1) is 14.0. The average Bonchev–Trinajstić information content (AvgIpc) is 2.34. The van der Waals surface area contributed by atoms with Crippen LogP contribution in [0.25, 0.3) is 0 Å². The van der Waals surface area contributed by atoms with Crippen molar-refractivity contribution >= 4 is 5.78 Å². The van der Waals surface area contributed by atoms with E-state index in [0.717, 1.165) is 18.7 Å². The number of Topliss-reactive ketones (excluding diaryl/α,β-unsaturated/α-hetero) is 1. The number of hydrogen-bond donors (Lipinski definition) is 0. The van der Waals surface area contributed by atoms with Gasteiger partial charge in [0.05, 0.1) is 7.11 Å². The van der Waals surface area contributed by atoms with Gasteiger partial charge in [-0.25, -0.2) is 4.39 Å². The summed E-state index contributed by atoms with van der Waals surface area (Å²) in [7, 11) is 1.46. The van der Waals surface area contributed by atoms with Gasteiger partial charge >= 0.3 is 0 Å². The SMILES string of the molecule is COc1ccc(CN2CCC(=O)C(C)(C)C2)cc1F. The minimum Gasteiger partial charge on any atom is -0.494 e. The van der Waals surface area contributed by atoms with Crippen LogP contribution in [0.2, 0.25) is 0 Å². The van der Waals surface area contributed by atoms with Gasteiger partial charge < -0.3 is 4.74 Å². The number of hydrogen-bond acceptors (Lipinski definition) is 3. The lowest BCUT2D eigenvalue weighted by atomic mass is 9.82. The van der Waals surface area contributed by atoms with Crippen LogP contribution in [0.3, 0.4) is 0 Å². The van der Waals surface area contributed by atoms with Crippen LogP contribution in [-0.4, -0.2) is 30.9 Å². The van der Waals surface area contributed by atoms with Crippen molar-refractivity contribution in [2.24, 2.45) is 5.41 Å². The molecule has 2 rings (SSSR count). The lowest BCUT2D eigenvalue weighted by molar-refractivity contribution is -0.131. The highest BCUT2D eigenvalue weighted by molar-refractivity contribution is 5.85. The van der Waals surface area contributed by atoms with E-state index in [1.165, 1.54) is 13.2 Å². The van der Waals surface area contributed by atoms with E-state index in [1.54, 1.807) is 6.07 Å². The van der Waals surface area contributed by atoms with Crippen molar-refractivity contribution in [3.05, 3.63) is 29.6 Å². The second-order valence-corrected chi connectivity index (χ2v) is 5.74. The highest BCUT2D eigenvalue weighted by Crippen LogP contribution is 2.27. The van der Waals surface area contributed by atoms with Gasteiger partial charge in [-0.1, -0.05) is 19.9 Å². The fourth-order valence-electron chi connectivity index (χ4n) is 2.53. The second-order valence-electron chi connectivity index (χ2n) is 5.74. The summed E-state index contributed by atoms with van der Waals surface area (Å²) in [4.78, 5) is 13.9. The molecule has 1 aromatic carbocycles. The Balaban J connectivity index is 2.06. The number of benzene rings is 1. The maximum atomic E-state index is 13.6. The summed E-state index contributed by atoms with van der Waals surface area (Å²) in [5, 5.41) is 0. The maximum absolute atomic E-state index is 13.6. The van der Waals surface area contributed by atoms with Crippen LogP contribution in [0.15, 0.2) is 18.2 Å². The molecule has 4 heteroatoms. The standard InChI is InChI=1S/C15H20FNO2/c1-15(2)10-17(7-6-14(15)18)9-11-4-5-13(19-3)12(16)8-11/h4-5,8H,6-7,9-10H2,1-3H3. The first-order chi connectivity index (χ1) is 8.92. The van der Waals surface area contributed by atoms with Crippen molar-refractivity contribution in [1.29, 1.82) is 0 Å². The Hall–Kier alpha value is -1.42. The number of ketones is 1. The molecule has 0 atom stereocenters. The smallest absolute Gasteiger partial charge is 0.165 e. The third-order valence-electron chi connectivity index (χ3n) is 3.65. The van der Waals surface area contributed by atoms with Crippen LogP contribution < -0.4 is 4.74 Å². The zero-order valence-corrected chi connectivity index (χ0v) is 11.7. The molecule has 1 heterocycles. The van der Waals surface area contributed by atoms with Gasteiger partial charge in [-0.05, 0) is 17.7 Å². The molecule has 0 unspecified atom stereocenters. The molecule has 0 saturated carbocycles. The van der Waals surface area contributed by atoms with Crippen molar-refractivity contribution < 1.29 is 13.9 Å². The van der Waals surface area contributed by atoms with Gasteiger partial charge in [0.25, 0.3) is 0 Å². The Kier molecular flexibility index (Phi) is 3.90.